The molecule has 0 spiro atoms. The highest BCUT2D eigenvalue weighted by Crippen LogP contribution is 2.26. The number of aliphatic hydroxyl groups is 1. The summed E-state index contributed by atoms with van der Waals surface area (Å²) in [6.45, 7) is 0. The van der Waals surface area contributed by atoms with Gasteiger partial charge in [0.15, 0.2) is 0 Å². The van der Waals surface area contributed by atoms with Gasteiger partial charge in [-0.15, -0.1) is 0 Å². The summed E-state index contributed by atoms with van der Waals surface area (Å²) in [5, 5.41) is 18.9. The molecule has 2 rings (SSSR count). The molecule has 0 aliphatic rings. The van der Waals surface area contributed by atoms with Crippen LogP contribution in [-0.4, -0.2) is 5.11 Å². The summed E-state index contributed by atoms with van der Waals surface area (Å²) >= 11 is 3.29. The van der Waals surface area contributed by atoms with Gasteiger partial charge >= 0.3 is 0 Å². The zero-order valence-electron chi connectivity index (χ0n) is 9.27. The lowest BCUT2D eigenvalue weighted by atomic mass is 9.99. The smallest absolute Gasteiger partial charge is 0.129 e. The molecular weight excluding hydrogens is 297 g/mol. The molecule has 0 radical (unpaired) electrons. The van der Waals surface area contributed by atoms with Gasteiger partial charge in [-0.2, -0.15) is 5.26 Å². The van der Waals surface area contributed by atoms with E-state index in [1.807, 2.05) is 12.1 Å². The first-order valence-corrected chi connectivity index (χ1v) is 6.04. The molecule has 90 valence electrons. The molecular formula is C14H9BrFNO. The quantitative estimate of drug-likeness (QED) is 0.922. The highest BCUT2D eigenvalue weighted by molar-refractivity contribution is 9.10. The third-order valence-electron chi connectivity index (χ3n) is 2.58. The lowest BCUT2D eigenvalue weighted by molar-refractivity contribution is 0.215. The summed E-state index contributed by atoms with van der Waals surface area (Å²) < 4.78 is 14.5. The van der Waals surface area contributed by atoms with E-state index in [2.05, 4.69) is 15.9 Å². The summed E-state index contributed by atoms with van der Waals surface area (Å²) in [7, 11) is 0. The zero-order valence-corrected chi connectivity index (χ0v) is 10.9. The lowest BCUT2D eigenvalue weighted by Crippen LogP contribution is -2.03. The Kier molecular flexibility index (Phi) is 3.75. The molecule has 2 aromatic carbocycles. The number of nitrogens with zero attached hydrogens (tertiary/aromatic N) is 1. The Morgan fingerprint density at radius 3 is 2.67 bits per heavy atom. The van der Waals surface area contributed by atoms with Gasteiger partial charge in [0.05, 0.1) is 11.6 Å². The third-order valence-corrected chi connectivity index (χ3v) is 3.08. The van der Waals surface area contributed by atoms with Crippen LogP contribution in [-0.2, 0) is 0 Å². The molecule has 1 atom stereocenters. The van der Waals surface area contributed by atoms with Crippen molar-refractivity contribution in [1.29, 1.82) is 5.26 Å². The van der Waals surface area contributed by atoms with Crippen LogP contribution in [0.3, 0.4) is 0 Å². The fourth-order valence-corrected chi connectivity index (χ4v) is 2.10. The van der Waals surface area contributed by atoms with Gasteiger partial charge in [0.1, 0.15) is 11.9 Å². The SMILES string of the molecule is N#Cc1ccc(F)c(C(O)c2cccc(Br)c2)c1. The molecule has 0 bridgehead atoms. The van der Waals surface area contributed by atoms with Crippen LogP contribution in [0.1, 0.15) is 22.8 Å². The van der Waals surface area contributed by atoms with Crippen LogP contribution < -0.4 is 0 Å². The summed E-state index contributed by atoms with van der Waals surface area (Å²) in [6.07, 6.45) is -1.09. The largest absolute Gasteiger partial charge is 0.384 e. The predicted molar refractivity (Wildman–Crippen MR) is 69.3 cm³/mol. The van der Waals surface area contributed by atoms with Gasteiger partial charge in [-0.3, -0.25) is 0 Å². The van der Waals surface area contributed by atoms with E-state index in [1.165, 1.54) is 18.2 Å². The van der Waals surface area contributed by atoms with Crippen LogP contribution >= 0.6 is 15.9 Å². The fraction of sp³-hybridized carbons (Fsp3) is 0.0714. The number of nitriles is 1. The van der Waals surface area contributed by atoms with Gasteiger partial charge in [-0.05, 0) is 35.9 Å². The van der Waals surface area contributed by atoms with Crippen molar-refractivity contribution in [1.82, 2.24) is 0 Å². The molecule has 1 unspecified atom stereocenters. The minimum Gasteiger partial charge on any atom is -0.384 e. The van der Waals surface area contributed by atoms with Crippen LogP contribution in [0.4, 0.5) is 4.39 Å². The maximum Gasteiger partial charge on any atom is 0.129 e. The van der Waals surface area contributed by atoms with Crippen molar-refractivity contribution >= 4 is 15.9 Å². The van der Waals surface area contributed by atoms with Crippen molar-refractivity contribution < 1.29 is 9.50 Å². The molecule has 0 aliphatic carbocycles. The van der Waals surface area contributed by atoms with Crippen molar-refractivity contribution in [3.05, 3.63) is 69.4 Å². The number of halogens is 2. The Morgan fingerprint density at radius 2 is 2.00 bits per heavy atom. The van der Waals surface area contributed by atoms with Crippen LogP contribution in [0, 0.1) is 17.1 Å². The highest BCUT2D eigenvalue weighted by Gasteiger charge is 2.15. The van der Waals surface area contributed by atoms with Crippen LogP contribution in [0.2, 0.25) is 0 Å². The van der Waals surface area contributed by atoms with E-state index in [4.69, 9.17) is 5.26 Å². The number of hydrogen-bond acceptors (Lipinski definition) is 2. The van der Waals surface area contributed by atoms with Crippen molar-refractivity contribution in [2.45, 2.75) is 6.10 Å². The van der Waals surface area contributed by atoms with E-state index in [0.29, 0.717) is 11.1 Å². The second-order valence-electron chi connectivity index (χ2n) is 3.81. The molecule has 0 amide bonds. The molecule has 0 heterocycles. The second-order valence-corrected chi connectivity index (χ2v) is 4.72. The zero-order chi connectivity index (χ0) is 13.1. The molecule has 0 fully saturated rings. The minimum atomic E-state index is -1.09. The average molecular weight is 306 g/mol. The van der Waals surface area contributed by atoms with E-state index in [-0.39, 0.29) is 5.56 Å². The summed E-state index contributed by atoms with van der Waals surface area (Å²) in [4.78, 5) is 0. The number of rotatable bonds is 2. The molecule has 2 nitrogen and oxygen atoms in total. The fourth-order valence-electron chi connectivity index (χ4n) is 1.68. The summed E-state index contributed by atoms with van der Waals surface area (Å²) in [5.41, 5.74) is 0.992. The Bertz CT molecular complexity index is 621. The lowest BCUT2D eigenvalue weighted by Gasteiger charge is -2.13. The summed E-state index contributed by atoms with van der Waals surface area (Å²) in [5.74, 6) is -0.526. The molecule has 0 aromatic heterocycles. The van der Waals surface area contributed by atoms with Crippen LogP contribution in [0.15, 0.2) is 46.9 Å². The Morgan fingerprint density at radius 1 is 1.22 bits per heavy atom. The van der Waals surface area contributed by atoms with Crippen molar-refractivity contribution in [2.24, 2.45) is 0 Å². The maximum absolute atomic E-state index is 13.7. The van der Waals surface area contributed by atoms with Crippen molar-refractivity contribution in [2.75, 3.05) is 0 Å². The Balaban J connectivity index is 2.46. The van der Waals surface area contributed by atoms with E-state index in [9.17, 15) is 9.50 Å². The van der Waals surface area contributed by atoms with Gasteiger partial charge in [0, 0.05) is 10.0 Å². The van der Waals surface area contributed by atoms with E-state index in [1.54, 1.807) is 18.2 Å². The second kappa shape index (κ2) is 5.30. The van der Waals surface area contributed by atoms with E-state index < -0.39 is 11.9 Å². The van der Waals surface area contributed by atoms with Crippen molar-refractivity contribution in [3.8, 4) is 6.07 Å². The number of benzene rings is 2. The molecule has 1 N–H and O–H groups in total. The van der Waals surface area contributed by atoms with Gasteiger partial charge in [-0.1, -0.05) is 28.1 Å². The average Bonchev–Trinajstić information content (AvgIpc) is 2.38. The first-order chi connectivity index (χ1) is 8.61. The first-order valence-electron chi connectivity index (χ1n) is 5.25. The molecule has 2 aromatic rings. The van der Waals surface area contributed by atoms with Gasteiger partial charge in [-0.25, -0.2) is 4.39 Å². The van der Waals surface area contributed by atoms with Gasteiger partial charge in [0.2, 0.25) is 0 Å². The maximum atomic E-state index is 13.7. The Hall–Kier alpha value is -1.70. The number of aliphatic hydroxyl groups excluding tert-OH is 1. The summed E-state index contributed by atoms with van der Waals surface area (Å²) in [6, 6.07) is 12.8. The van der Waals surface area contributed by atoms with E-state index in [0.717, 1.165) is 4.47 Å². The monoisotopic (exact) mass is 305 g/mol. The van der Waals surface area contributed by atoms with Crippen LogP contribution in [0.5, 0.6) is 0 Å². The first kappa shape index (κ1) is 12.7. The normalized spacial score (nSPS) is 11.9. The predicted octanol–water partition coefficient (Wildman–Crippen LogP) is 3.54. The molecule has 0 aliphatic heterocycles. The topological polar surface area (TPSA) is 44.0 Å². The number of hydrogen-bond donors (Lipinski definition) is 1. The highest BCUT2D eigenvalue weighted by atomic mass is 79.9. The molecule has 4 heteroatoms. The standard InChI is InChI=1S/C14H9BrFNO/c15-11-3-1-2-10(7-11)14(18)12-6-9(8-17)4-5-13(12)16/h1-7,14,18H. The molecule has 0 saturated heterocycles. The van der Waals surface area contributed by atoms with Gasteiger partial charge < -0.3 is 5.11 Å². The van der Waals surface area contributed by atoms with Gasteiger partial charge in [0.25, 0.3) is 0 Å². The molecule has 0 saturated carbocycles. The minimum absolute atomic E-state index is 0.104. The van der Waals surface area contributed by atoms with Crippen LogP contribution in [0.25, 0.3) is 0 Å². The Labute approximate surface area is 112 Å². The van der Waals surface area contributed by atoms with Crippen molar-refractivity contribution in [3.63, 3.8) is 0 Å². The third kappa shape index (κ3) is 2.58. The van der Waals surface area contributed by atoms with E-state index >= 15 is 0 Å². The molecule has 18 heavy (non-hydrogen) atoms.